The summed E-state index contributed by atoms with van der Waals surface area (Å²) in [4.78, 5) is 7.61. The molecule has 25 heavy (non-hydrogen) atoms. The zero-order chi connectivity index (χ0) is 16.6. The first-order chi connectivity index (χ1) is 12.4. The maximum atomic E-state index is 5.01. The molecular weight excluding hydrogens is 306 g/mol. The molecule has 0 radical (unpaired) electrons. The van der Waals surface area contributed by atoms with E-state index in [1.54, 1.807) is 0 Å². The number of likely N-dealkylation sites (tertiary alicyclic amines) is 1. The Bertz CT molecular complexity index is 1040. The highest BCUT2D eigenvalue weighted by molar-refractivity contribution is 6.10. The van der Waals surface area contributed by atoms with Crippen LogP contribution in [0.5, 0.6) is 0 Å². The lowest BCUT2D eigenvalue weighted by Crippen LogP contribution is -2.21. The molecule has 0 atom stereocenters. The lowest BCUT2D eigenvalue weighted by molar-refractivity contribution is 0.327. The third-order valence-electron chi connectivity index (χ3n) is 5.50. The number of benzene rings is 2. The Morgan fingerprint density at radius 3 is 2.56 bits per heavy atom. The maximum Gasteiger partial charge on any atom is 0.141 e. The normalized spacial score (nSPS) is 15.7. The molecule has 3 heterocycles. The van der Waals surface area contributed by atoms with Gasteiger partial charge in [-0.25, -0.2) is 4.98 Å². The van der Waals surface area contributed by atoms with Crippen molar-refractivity contribution in [1.29, 1.82) is 0 Å². The van der Waals surface area contributed by atoms with Gasteiger partial charge in [0.1, 0.15) is 5.65 Å². The third-order valence-corrected chi connectivity index (χ3v) is 5.50. The molecule has 1 fully saturated rings. The van der Waals surface area contributed by atoms with E-state index in [0.29, 0.717) is 0 Å². The number of hydrogen-bond acceptors (Lipinski definition) is 2. The molecule has 0 aliphatic carbocycles. The molecule has 0 amide bonds. The third kappa shape index (κ3) is 2.59. The largest absolute Gasteiger partial charge is 0.325 e. The summed E-state index contributed by atoms with van der Waals surface area (Å²) in [6.45, 7) is 4.78. The number of fused-ring (bicyclic) bond motifs is 4. The first-order valence-corrected chi connectivity index (χ1v) is 9.39. The van der Waals surface area contributed by atoms with E-state index in [1.165, 1.54) is 60.6 Å². The summed E-state index contributed by atoms with van der Waals surface area (Å²) in [5.74, 6) is 0. The average Bonchev–Trinajstić information content (AvgIpc) is 3.27. The van der Waals surface area contributed by atoms with Crippen LogP contribution in [0.25, 0.3) is 32.8 Å². The second kappa shape index (κ2) is 6.16. The molecule has 3 nitrogen and oxygen atoms in total. The molecule has 0 N–H and O–H groups in total. The molecule has 0 bridgehead atoms. The van der Waals surface area contributed by atoms with Crippen molar-refractivity contribution in [3.05, 3.63) is 54.6 Å². The zero-order valence-electron chi connectivity index (χ0n) is 14.5. The van der Waals surface area contributed by atoms with Gasteiger partial charge < -0.3 is 9.47 Å². The van der Waals surface area contributed by atoms with Crippen LogP contribution in [0.4, 0.5) is 0 Å². The van der Waals surface area contributed by atoms with Gasteiger partial charge in [0.05, 0.1) is 11.0 Å². The van der Waals surface area contributed by atoms with E-state index in [2.05, 4.69) is 64.1 Å². The number of aryl methyl sites for hydroxylation is 1. The van der Waals surface area contributed by atoms with E-state index in [1.807, 2.05) is 0 Å². The minimum absolute atomic E-state index is 1.03. The van der Waals surface area contributed by atoms with Gasteiger partial charge >= 0.3 is 0 Å². The first-order valence-electron chi connectivity index (χ1n) is 9.39. The second-order valence-corrected chi connectivity index (χ2v) is 7.12. The first kappa shape index (κ1) is 14.9. The van der Waals surface area contributed by atoms with Crippen LogP contribution < -0.4 is 0 Å². The van der Waals surface area contributed by atoms with Gasteiger partial charge in [-0.3, -0.25) is 0 Å². The fourth-order valence-corrected chi connectivity index (χ4v) is 4.25. The Labute approximate surface area is 147 Å². The standard InChI is InChI=1S/C22H23N3/c1-3-10-20-17(8-1)16-19-18-9-2-4-11-21(18)25(22(19)23-20)15-7-14-24-12-5-6-13-24/h1-4,8-11,16H,5-7,12-15H2. The lowest BCUT2D eigenvalue weighted by Gasteiger charge is -2.15. The van der Waals surface area contributed by atoms with Crippen molar-refractivity contribution in [3.8, 4) is 0 Å². The van der Waals surface area contributed by atoms with Gasteiger partial charge in [0, 0.05) is 22.7 Å². The molecular formula is C22H23N3. The van der Waals surface area contributed by atoms with Gasteiger partial charge in [-0.2, -0.15) is 0 Å². The van der Waals surface area contributed by atoms with Crippen LogP contribution in [0.15, 0.2) is 54.6 Å². The van der Waals surface area contributed by atoms with Gasteiger partial charge in [0.25, 0.3) is 0 Å². The van der Waals surface area contributed by atoms with Gasteiger partial charge in [0.2, 0.25) is 0 Å². The number of para-hydroxylation sites is 2. The van der Waals surface area contributed by atoms with Crippen LogP contribution in [0.1, 0.15) is 19.3 Å². The summed E-state index contributed by atoms with van der Waals surface area (Å²) in [7, 11) is 0. The van der Waals surface area contributed by atoms with Crippen LogP contribution in [-0.4, -0.2) is 34.1 Å². The van der Waals surface area contributed by atoms with Crippen LogP contribution in [0, 0.1) is 0 Å². The Kier molecular flexibility index (Phi) is 3.67. The van der Waals surface area contributed by atoms with E-state index in [9.17, 15) is 0 Å². The molecule has 126 valence electrons. The van der Waals surface area contributed by atoms with E-state index in [0.717, 1.165) is 17.7 Å². The van der Waals surface area contributed by atoms with E-state index in [-0.39, 0.29) is 0 Å². The molecule has 1 saturated heterocycles. The highest BCUT2D eigenvalue weighted by Crippen LogP contribution is 2.30. The van der Waals surface area contributed by atoms with E-state index >= 15 is 0 Å². The fourth-order valence-electron chi connectivity index (χ4n) is 4.25. The molecule has 0 unspecified atom stereocenters. The van der Waals surface area contributed by atoms with Crippen LogP contribution in [0.3, 0.4) is 0 Å². The van der Waals surface area contributed by atoms with Gasteiger partial charge in [-0.1, -0.05) is 36.4 Å². The van der Waals surface area contributed by atoms with Gasteiger partial charge in [0.15, 0.2) is 0 Å². The molecule has 1 aliphatic rings. The average molecular weight is 329 g/mol. The SMILES string of the molecule is c1ccc2nc3c(cc2c1)c1ccccc1n3CCCN1CCCC1. The molecule has 4 aromatic rings. The Hall–Kier alpha value is -2.39. The van der Waals surface area contributed by atoms with Crippen molar-refractivity contribution < 1.29 is 0 Å². The molecule has 2 aromatic carbocycles. The van der Waals surface area contributed by atoms with Crippen molar-refractivity contribution in [3.63, 3.8) is 0 Å². The van der Waals surface area contributed by atoms with Gasteiger partial charge in [-0.05, 0) is 57.1 Å². The highest BCUT2D eigenvalue weighted by atomic mass is 15.1. The summed E-state index contributed by atoms with van der Waals surface area (Å²) in [5, 5.41) is 3.81. The summed E-state index contributed by atoms with van der Waals surface area (Å²) in [5.41, 5.74) is 3.52. The van der Waals surface area contributed by atoms with Crippen molar-refractivity contribution in [1.82, 2.24) is 14.5 Å². The van der Waals surface area contributed by atoms with Crippen molar-refractivity contribution in [2.45, 2.75) is 25.8 Å². The Balaban J connectivity index is 1.60. The molecule has 5 rings (SSSR count). The van der Waals surface area contributed by atoms with Crippen molar-refractivity contribution in [2.24, 2.45) is 0 Å². The fraction of sp³-hybridized carbons (Fsp3) is 0.318. The molecule has 2 aromatic heterocycles. The highest BCUT2D eigenvalue weighted by Gasteiger charge is 2.14. The predicted molar refractivity (Wildman–Crippen MR) is 105 cm³/mol. The van der Waals surface area contributed by atoms with E-state index in [4.69, 9.17) is 4.98 Å². The number of nitrogens with zero attached hydrogens (tertiary/aromatic N) is 3. The maximum absolute atomic E-state index is 5.01. The minimum atomic E-state index is 1.03. The zero-order valence-corrected chi connectivity index (χ0v) is 14.5. The number of pyridine rings is 1. The van der Waals surface area contributed by atoms with Crippen LogP contribution in [0.2, 0.25) is 0 Å². The minimum Gasteiger partial charge on any atom is -0.325 e. The summed E-state index contributed by atoms with van der Waals surface area (Å²) in [6.07, 6.45) is 3.91. The number of rotatable bonds is 4. The van der Waals surface area contributed by atoms with Crippen molar-refractivity contribution in [2.75, 3.05) is 19.6 Å². The summed E-state index contributed by atoms with van der Waals surface area (Å²) >= 11 is 0. The quantitative estimate of drug-likeness (QED) is 0.535. The topological polar surface area (TPSA) is 21.1 Å². The summed E-state index contributed by atoms with van der Waals surface area (Å²) < 4.78 is 2.42. The monoisotopic (exact) mass is 329 g/mol. The molecule has 1 aliphatic heterocycles. The number of hydrogen-bond donors (Lipinski definition) is 0. The molecule has 0 saturated carbocycles. The molecule has 0 spiro atoms. The molecule has 3 heteroatoms. The second-order valence-electron chi connectivity index (χ2n) is 7.12. The van der Waals surface area contributed by atoms with Crippen LogP contribution in [-0.2, 0) is 6.54 Å². The summed E-state index contributed by atoms with van der Waals surface area (Å²) in [6, 6.07) is 19.5. The van der Waals surface area contributed by atoms with Crippen molar-refractivity contribution >= 4 is 32.8 Å². The smallest absolute Gasteiger partial charge is 0.141 e. The Morgan fingerprint density at radius 1 is 0.840 bits per heavy atom. The lowest BCUT2D eigenvalue weighted by atomic mass is 10.1. The van der Waals surface area contributed by atoms with Crippen LogP contribution >= 0.6 is 0 Å². The predicted octanol–water partition coefficient (Wildman–Crippen LogP) is 4.83. The Morgan fingerprint density at radius 2 is 1.64 bits per heavy atom. The number of aromatic nitrogens is 2. The van der Waals surface area contributed by atoms with Gasteiger partial charge in [-0.15, -0.1) is 0 Å². The van der Waals surface area contributed by atoms with E-state index < -0.39 is 0 Å².